The Hall–Kier alpha value is -2.51. The summed E-state index contributed by atoms with van der Waals surface area (Å²) in [6.45, 7) is 0. The van der Waals surface area contributed by atoms with Crippen molar-refractivity contribution in [1.82, 2.24) is 15.4 Å². The zero-order valence-corrected chi connectivity index (χ0v) is 14.5. The fourth-order valence-corrected chi connectivity index (χ4v) is 3.76. The third kappa shape index (κ3) is 2.09. The van der Waals surface area contributed by atoms with E-state index in [2.05, 4.69) is 31.3 Å². The van der Waals surface area contributed by atoms with Crippen molar-refractivity contribution in [2.45, 2.75) is 0 Å². The predicted molar refractivity (Wildman–Crippen MR) is 95.8 cm³/mol. The molecule has 4 heterocycles. The minimum absolute atomic E-state index is 0.624. The van der Waals surface area contributed by atoms with Crippen LogP contribution < -0.4 is 0 Å². The SMILES string of the molecule is Brc1ccc2oc(-c3nnc(-c4cccs4)c4nocc34)cc2c1. The van der Waals surface area contributed by atoms with Crippen molar-refractivity contribution in [3.8, 4) is 22.0 Å². The molecule has 5 rings (SSSR count). The highest BCUT2D eigenvalue weighted by Crippen LogP contribution is 2.35. The van der Waals surface area contributed by atoms with E-state index >= 15 is 0 Å². The Kier molecular flexibility index (Phi) is 3.04. The number of benzene rings is 1. The highest BCUT2D eigenvalue weighted by atomic mass is 79.9. The van der Waals surface area contributed by atoms with Gasteiger partial charge < -0.3 is 8.94 Å². The second kappa shape index (κ2) is 5.25. The van der Waals surface area contributed by atoms with Gasteiger partial charge in [-0.1, -0.05) is 27.2 Å². The van der Waals surface area contributed by atoms with E-state index in [9.17, 15) is 0 Å². The average molecular weight is 398 g/mol. The molecule has 0 saturated heterocycles. The molecule has 0 fully saturated rings. The standard InChI is InChI=1S/C17H8BrN3O2S/c18-10-3-4-12-9(6-10)7-13(23-12)15-11-8-22-21-16(11)17(20-19-15)14-2-1-5-24-14/h1-8H. The van der Waals surface area contributed by atoms with Crippen molar-refractivity contribution >= 4 is 49.1 Å². The van der Waals surface area contributed by atoms with E-state index in [0.717, 1.165) is 31.4 Å². The van der Waals surface area contributed by atoms with Crippen LogP contribution in [0.4, 0.5) is 0 Å². The second-order valence-electron chi connectivity index (χ2n) is 5.24. The summed E-state index contributed by atoms with van der Waals surface area (Å²) in [5.74, 6) is 0.640. The molecule has 24 heavy (non-hydrogen) atoms. The maximum absolute atomic E-state index is 5.93. The van der Waals surface area contributed by atoms with Crippen LogP contribution in [0.3, 0.4) is 0 Å². The summed E-state index contributed by atoms with van der Waals surface area (Å²) in [4.78, 5) is 1.00. The molecular weight excluding hydrogens is 390 g/mol. The van der Waals surface area contributed by atoms with Crippen LogP contribution in [0.5, 0.6) is 0 Å². The molecule has 0 spiro atoms. The Morgan fingerprint density at radius 3 is 2.83 bits per heavy atom. The highest BCUT2D eigenvalue weighted by Gasteiger charge is 2.19. The fraction of sp³-hybridized carbons (Fsp3) is 0. The molecule has 5 nitrogen and oxygen atoms in total. The third-order valence-electron chi connectivity index (χ3n) is 3.77. The molecule has 0 aliphatic rings. The molecule has 0 unspecified atom stereocenters. The first-order valence-electron chi connectivity index (χ1n) is 7.14. The lowest BCUT2D eigenvalue weighted by Crippen LogP contribution is -1.91. The lowest BCUT2D eigenvalue weighted by molar-refractivity contribution is 0.428. The number of aromatic nitrogens is 3. The minimum atomic E-state index is 0.624. The number of rotatable bonds is 2. The van der Waals surface area contributed by atoms with Gasteiger partial charge in [-0.2, -0.15) is 0 Å². The molecule has 5 aromatic rings. The molecule has 0 N–H and O–H groups in total. The second-order valence-corrected chi connectivity index (χ2v) is 7.11. The summed E-state index contributed by atoms with van der Waals surface area (Å²) in [6.07, 6.45) is 1.58. The van der Waals surface area contributed by atoms with E-state index in [1.807, 2.05) is 41.8 Å². The van der Waals surface area contributed by atoms with E-state index in [1.165, 1.54) is 0 Å². The topological polar surface area (TPSA) is 65.0 Å². The fourth-order valence-electron chi connectivity index (χ4n) is 2.67. The van der Waals surface area contributed by atoms with Gasteiger partial charge in [0.1, 0.15) is 28.8 Å². The maximum atomic E-state index is 5.93. The molecular formula is C17H8BrN3O2S. The smallest absolute Gasteiger partial charge is 0.156 e. The van der Waals surface area contributed by atoms with Gasteiger partial charge in [0.05, 0.1) is 10.3 Å². The lowest BCUT2D eigenvalue weighted by Gasteiger charge is -2.00. The molecule has 0 radical (unpaired) electrons. The van der Waals surface area contributed by atoms with Crippen LogP contribution in [0, 0.1) is 0 Å². The van der Waals surface area contributed by atoms with Crippen LogP contribution in [0.25, 0.3) is 43.9 Å². The summed E-state index contributed by atoms with van der Waals surface area (Å²) in [7, 11) is 0. The van der Waals surface area contributed by atoms with Gasteiger partial charge >= 0.3 is 0 Å². The summed E-state index contributed by atoms with van der Waals surface area (Å²) < 4.78 is 12.1. The molecule has 7 heteroatoms. The van der Waals surface area contributed by atoms with Crippen molar-refractivity contribution in [1.29, 1.82) is 0 Å². The molecule has 0 bridgehead atoms. The maximum Gasteiger partial charge on any atom is 0.156 e. The van der Waals surface area contributed by atoms with Gasteiger partial charge in [-0.3, -0.25) is 0 Å². The van der Waals surface area contributed by atoms with Crippen molar-refractivity contribution in [2.75, 3.05) is 0 Å². The highest BCUT2D eigenvalue weighted by molar-refractivity contribution is 9.10. The van der Waals surface area contributed by atoms with Gasteiger partial charge in [0.2, 0.25) is 0 Å². The van der Waals surface area contributed by atoms with E-state index in [-0.39, 0.29) is 0 Å². The first kappa shape index (κ1) is 13.9. The Morgan fingerprint density at radius 1 is 1.04 bits per heavy atom. The van der Waals surface area contributed by atoms with Crippen LogP contribution in [0.15, 0.2) is 61.5 Å². The van der Waals surface area contributed by atoms with Crippen LogP contribution in [-0.4, -0.2) is 15.4 Å². The van der Waals surface area contributed by atoms with Gasteiger partial charge in [0, 0.05) is 9.86 Å². The van der Waals surface area contributed by atoms with Crippen molar-refractivity contribution in [3.05, 3.63) is 52.5 Å². The number of furan rings is 1. The molecule has 4 aromatic heterocycles. The minimum Gasteiger partial charge on any atom is -0.454 e. The Balaban J connectivity index is 1.75. The van der Waals surface area contributed by atoms with Crippen LogP contribution in [0.2, 0.25) is 0 Å². The van der Waals surface area contributed by atoms with Crippen molar-refractivity contribution < 1.29 is 8.94 Å². The number of hydrogen-bond acceptors (Lipinski definition) is 6. The quantitative estimate of drug-likeness (QED) is 0.392. The van der Waals surface area contributed by atoms with Crippen LogP contribution in [-0.2, 0) is 0 Å². The summed E-state index contributed by atoms with van der Waals surface area (Å²) >= 11 is 5.06. The Bertz CT molecular complexity index is 1180. The number of thiophene rings is 1. The van der Waals surface area contributed by atoms with Crippen LogP contribution >= 0.6 is 27.3 Å². The molecule has 0 aliphatic carbocycles. The predicted octanol–water partition coefficient (Wildman–Crippen LogP) is 5.52. The van der Waals surface area contributed by atoms with E-state index in [4.69, 9.17) is 8.94 Å². The number of hydrogen-bond donors (Lipinski definition) is 0. The number of halogens is 1. The first-order valence-corrected chi connectivity index (χ1v) is 8.81. The molecule has 0 aliphatic heterocycles. The molecule has 1 aromatic carbocycles. The van der Waals surface area contributed by atoms with Crippen molar-refractivity contribution in [3.63, 3.8) is 0 Å². The largest absolute Gasteiger partial charge is 0.454 e. The first-order chi connectivity index (χ1) is 11.8. The molecule has 0 atom stereocenters. The van der Waals surface area contributed by atoms with Gasteiger partial charge in [0.25, 0.3) is 0 Å². The zero-order chi connectivity index (χ0) is 16.1. The van der Waals surface area contributed by atoms with Gasteiger partial charge in [-0.25, -0.2) is 0 Å². The van der Waals surface area contributed by atoms with Crippen LogP contribution in [0.1, 0.15) is 0 Å². The van der Waals surface area contributed by atoms with Crippen molar-refractivity contribution in [2.24, 2.45) is 0 Å². The average Bonchev–Trinajstić information content (AvgIpc) is 3.32. The van der Waals surface area contributed by atoms with E-state index in [1.54, 1.807) is 17.6 Å². The lowest BCUT2D eigenvalue weighted by atomic mass is 10.1. The molecule has 0 amide bonds. The van der Waals surface area contributed by atoms with E-state index < -0.39 is 0 Å². The summed E-state index contributed by atoms with van der Waals surface area (Å²) in [5, 5.41) is 16.6. The van der Waals surface area contributed by atoms with Gasteiger partial charge in [-0.05, 0) is 35.7 Å². The number of nitrogens with zero attached hydrogens (tertiary/aromatic N) is 3. The monoisotopic (exact) mass is 397 g/mol. The normalized spacial score (nSPS) is 11.5. The Morgan fingerprint density at radius 2 is 1.96 bits per heavy atom. The summed E-state index contributed by atoms with van der Waals surface area (Å²) in [6, 6.07) is 11.8. The van der Waals surface area contributed by atoms with Gasteiger partial charge in [0.15, 0.2) is 5.76 Å². The van der Waals surface area contributed by atoms with E-state index in [0.29, 0.717) is 17.0 Å². The number of fused-ring (bicyclic) bond motifs is 2. The summed E-state index contributed by atoms with van der Waals surface area (Å²) in [5.41, 5.74) is 2.82. The molecule has 0 saturated carbocycles. The third-order valence-corrected chi connectivity index (χ3v) is 5.14. The Labute approximate surface area is 148 Å². The van der Waals surface area contributed by atoms with Gasteiger partial charge in [-0.15, -0.1) is 21.5 Å². The zero-order valence-electron chi connectivity index (χ0n) is 12.1. The molecule has 116 valence electrons.